The minimum Gasteiger partial charge on any atom is -0.336 e. The molecule has 1 aliphatic heterocycles. The Morgan fingerprint density at radius 2 is 2.12 bits per heavy atom. The first kappa shape index (κ1) is 12.3. The molecule has 0 aromatic carbocycles. The molecular weight excluding hydrogens is 238 g/mol. The van der Waals surface area contributed by atoms with Gasteiger partial charge in [0, 0.05) is 38.6 Å². The first-order valence-electron chi connectivity index (χ1n) is 5.83. The predicted molar refractivity (Wildman–Crippen MR) is 67.3 cm³/mol. The average molecular weight is 254 g/mol. The molecule has 2 heterocycles. The smallest absolute Gasteiger partial charge is 0.255 e. The van der Waals surface area contributed by atoms with E-state index in [1.807, 2.05) is 4.90 Å². The Balaban J connectivity index is 2.04. The Kier molecular flexibility index (Phi) is 3.97. The number of nitrogens with zero attached hydrogens (tertiary/aromatic N) is 3. The summed E-state index contributed by atoms with van der Waals surface area (Å²) in [6.07, 6.45) is 3.11. The zero-order valence-corrected chi connectivity index (χ0v) is 10.7. The summed E-state index contributed by atoms with van der Waals surface area (Å²) in [4.78, 5) is 20.3. The molecular formula is C12H16ClN3O. The molecule has 17 heavy (non-hydrogen) atoms. The van der Waals surface area contributed by atoms with Gasteiger partial charge in [0.2, 0.25) is 0 Å². The van der Waals surface area contributed by atoms with Crippen LogP contribution >= 0.6 is 11.6 Å². The van der Waals surface area contributed by atoms with Gasteiger partial charge >= 0.3 is 0 Å². The van der Waals surface area contributed by atoms with Crippen molar-refractivity contribution < 1.29 is 4.79 Å². The number of carbonyl (C=O) groups excluding carboxylic acids is 1. The lowest BCUT2D eigenvalue weighted by Crippen LogP contribution is -2.48. The second kappa shape index (κ2) is 5.47. The number of hydrogen-bond acceptors (Lipinski definition) is 3. The second-order valence-corrected chi connectivity index (χ2v) is 4.49. The number of rotatable bonds is 2. The fourth-order valence-electron chi connectivity index (χ4n) is 1.99. The molecule has 0 N–H and O–H groups in total. The van der Waals surface area contributed by atoms with E-state index in [1.165, 1.54) is 6.20 Å². The maximum absolute atomic E-state index is 12.2. The van der Waals surface area contributed by atoms with Gasteiger partial charge in [-0.3, -0.25) is 9.78 Å². The Morgan fingerprint density at radius 3 is 2.71 bits per heavy atom. The molecule has 5 heteroatoms. The molecule has 4 nitrogen and oxygen atoms in total. The van der Waals surface area contributed by atoms with Crippen LogP contribution < -0.4 is 0 Å². The van der Waals surface area contributed by atoms with Crippen LogP contribution in [0.2, 0.25) is 5.02 Å². The highest BCUT2D eigenvalue weighted by Crippen LogP contribution is 2.16. The van der Waals surface area contributed by atoms with Crippen LogP contribution in [-0.2, 0) is 0 Å². The van der Waals surface area contributed by atoms with Gasteiger partial charge in [-0.25, -0.2) is 0 Å². The summed E-state index contributed by atoms with van der Waals surface area (Å²) in [7, 11) is 0. The number of amides is 1. The van der Waals surface area contributed by atoms with Crippen LogP contribution in [0, 0.1) is 0 Å². The van der Waals surface area contributed by atoms with Gasteiger partial charge < -0.3 is 9.80 Å². The number of hydrogen-bond donors (Lipinski definition) is 0. The first-order chi connectivity index (χ1) is 8.22. The number of halogens is 1. The van der Waals surface area contributed by atoms with E-state index in [-0.39, 0.29) is 5.91 Å². The van der Waals surface area contributed by atoms with Crippen molar-refractivity contribution in [2.75, 3.05) is 32.7 Å². The molecule has 0 bridgehead atoms. The van der Waals surface area contributed by atoms with Crippen LogP contribution in [0.4, 0.5) is 0 Å². The molecule has 0 atom stereocenters. The molecule has 1 aliphatic rings. The maximum atomic E-state index is 12.2. The highest BCUT2D eigenvalue weighted by atomic mass is 35.5. The number of carbonyl (C=O) groups is 1. The molecule has 1 aromatic rings. The minimum atomic E-state index is 0.00755. The predicted octanol–water partition coefficient (Wildman–Crippen LogP) is 1.51. The van der Waals surface area contributed by atoms with Crippen LogP contribution in [-0.4, -0.2) is 53.4 Å². The number of aromatic nitrogens is 1. The van der Waals surface area contributed by atoms with Gasteiger partial charge in [-0.2, -0.15) is 0 Å². The van der Waals surface area contributed by atoms with Crippen LogP contribution in [0.3, 0.4) is 0 Å². The summed E-state index contributed by atoms with van der Waals surface area (Å²) < 4.78 is 0. The maximum Gasteiger partial charge on any atom is 0.255 e. The lowest BCUT2D eigenvalue weighted by molar-refractivity contribution is 0.0643. The summed E-state index contributed by atoms with van der Waals surface area (Å²) in [6.45, 7) is 6.59. The fourth-order valence-corrected chi connectivity index (χ4v) is 2.19. The van der Waals surface area contributed by atoms with Gasteiger partial charge in [0.05, 0.1) is 10.6 Å². The third kappa shape index (κ3) is 2.76. The van der Waals surface area contributed by atoms with Crippen molar-refractivity contribution in [3.05, 3.63) is 29.0 Å². The van der Waals surface area contributed by atoms with E-state index in [0.29, 0.717) is 10.6 Å². The van der Waals surface area contributed by atoms with Crippen molar-refractivity contribution in [1.82, 2.24) is 14.8 Å². The zero-order chi connectivity index (χ0) is 12.3. The monoisotopic (exact) mass is 253 g/mol. The molecule has 92 valence electrons. The van der Waals surface area contributed by atoms with Crippen LogP contribution in [0.25, 0.3) is 0 Å². The third-order valence-electron chi connectivity index (χ3n) is 3.11. The summed E-state index contributed by atoms with van der Waals surface area (Å²) in [6, 6.07) is 1.68. The van der Waals surface area contributed by atoms with Gasteiger partial charge in [0.1, 0.15) is 0 Å². The lowest BCUT2D eigenvalue weighted by atomic mass is 10.2. The van der Waals surface area contributed by atoms with Crippen molar-refractivity contribution in [1.29, 1.82) is 0 Å². The quantitative estimate of drug-likeness (QED) is 0.802. The molecule has 0 unspecified atom stereocenters. The largest absolute Gasteiger partial charge is 0.336 e. The number of likely N-dealkylation sites (N-methyl/N-ethyl adjacent to an activating group) is 1. The Morgan fingerprint density at radius 1 is 1.41 bits per heavy atom. The van der Waals surface area contributed by atoms with Crippen LogP contribution in [0.1, 0.15) is 17.3 Å². The molecule has 0 saturated carbocycles. The standard InChI is InChI=1S/C12H16ClN3O/c1-2-15-5-7-16(8-6-15)12(17)10-3-4-14-9-11(10)13/h3-4,9H,2,5-8H2,1H3. The molecule has 1 aromatic heterocycles. The normalized spacial score (nSPS) is 17.2. The van der Waals surface area contributed by atoms with Gasteiger partial charge in [-0.1, -0.05) is 18.5 Å². The van der Waals surface area contributed by atoms with Crippen molar-refractivity contribution in [3.8, 4) is 0 Å². The summed E-state index contributed by atoms with van der Waals surface area (Å²) in [5.41, 5.74) is 0.548. The SMILES string of the molecule is CCN1CCN(C(=O)c2ccncc2Cl)CC1. The van der Waals surface area contributed by atoms with Crippen LogP contribution in [0.15, 0.2) is 18.5 Å². The highest BCUT2D eigenvalue weighted by Gasteiger charge is 2.22. The highest BCUT2D eigenvalue weighted by molar-refractivity contribution is 6.33. The molecule has 0 radical (unpaired) electrons. The summed E-state index contributed by atoms with van der Waals surface area (Å²) in [5, 5.41) is 0.426. The molecule has 0 aliphatic carbocycles. The molecule has 0 spiro atoms. The van der Waals surface area contributed by atoms with E-state index in [0.717, 1.165) is 32.7 Å². The lowest BCUT2D eigenvalue weighted by Gasteiger charge is -2.34. The van der Waals surface area contributed by atoms with E-state index < -0.39 is 0 Å². The Hall–Kier alpha value is -1.13. The number of piperazine rings is 1. The van der Waals surface area contributed by atoms with Crippen molar-refractivity contribution >= 4 is 17.5 Å². The first-order valence-corrected chi connectivity index (χ1v) is 6.21. The average Bonchev–Trinajstić information content (AvgIpc) is 2.39. The van der Waals surface area contributed by atoms with E-state index >= 15 is 0 Å². The van der Waals surface area contributed by atoms with E-state index in [9.17, 15) is 4.79 Å². The Labute approximate surface area is 106 Å². The number of pyridine rings is 1. The van der Waals surface area contributed by atoms with Crippen molar-refractivity contribution in [2.24, 2.45) is 0 Å². The van der Waals surface area contributed by atoms with Crippen molar-refractivity contribution in [3.63, 3.8) is 0 Å². The van der Waals surface area contributed by atoms with Gasteiger partial charge in [0.25, 0.3) is 5.91 Å². The molecule has 1 fully saturated rings. The van der Waals surface area contributed by atoms with E-state index in [2.05, 4.69) is 16.8 Å². The second-order valence-electron chi connectivity index (χ2n) is 4.08. The van der Waals surface area contributed by atoms with Crippen molar-refractivity contribution in [2.45, 2.75) is 6.92 Å². The Bertz CT molecular complexity index is 402. The topological polar surface area (TPSA) is 36.4 Å². The molecule has 1 amide bonds. The van der Waals surface area contributed by atoms with Gasteiger partial charge in [-0.05, 0) is 12.6 Å². The fraction of sp³-hybridized carbons (Fsp3) is 0.500. The zero-order valence-electron chi connectivity index (χ0n) is 9.90. The molecule has 2 rings (SSSR count). The molecule has 1 saturated heterocycles. The summed E-state index contributed by atoms with van der Waals surface area (Å²) >= 11 is 5.97. The summed E-state index contributed by atoms with van der Waals surface area (Å²) in [5.74, 6) is 0.00755. The minimum absolute atomic E-state index is 0.00755. The van der Waals surface area contributed by atoms with Gasteiger partial charge in [0.15, 0.2) is 0 Å². The van der Waals surface area contributed by atoms with Gasteiger partial charge in [-0.15, -0.1) is 0 Å². The van der Waals surface area contributed by atoms with E-state index in [4.69, 9.17) is 11.6 Å². The van der Waals surface area contributed by atoms with E-state index in [1.54, 1.807) is 12.3 Å². The van der Waals surface area contributed by atoms with Crippen LogP contribution in [0.5, 0.6) is 0 Å². The third-order valence-corrected chi connectivity index (χ3v) is 3.41.